The molecule has 2 aromatic rings. The molecule has 4 rings (SSSR count). The second-order valence-corrected chi connectivity index (χ2v) is 9.70. The summed E-state index contributed by atoms with van der Waals surface area (Å²) < 4.78 is 11.4. The first-order valence-corrected chi connectivity index (χ1v) is 12.7. The number of benzene rings is 2. The van der Waals surface area contributed by atoms with Crippen molar-refractivity contribution in [2.75, 3.05) is 59.5 Å². The van der Waals surface area contributed by atoms with Crippen LogP contribution >= 0.6 is 23.2 Å². The van der Waals surface area contributed by atoms with E-state index in [2.05, 4.69) is 4.90 Å². The first-order valence-electron chi connectivity index (χ1n) is 12.0. The van der Waals surface area contributed by atoms with Crippen LogP contribution in [0.15, 0.2) is 36.4 Å². The molecule has 2 aliphatic heterocycles. The topological polar surface area (TPSA) is 62.3 Å². The van der Waals surface area contributed by atoms with Crippen LogP contribution in [0.25, 0.3) is 0 Å². The number of amides is 2. The van der Waals surface area contributed by atoms with Crippen LogP contribution in [-0.2, 0) is 11.2 Å². The van der Waals surface area contributed by atoms with Gasteiger partial charge >= 0.3 is 0 Å². The van der Waals surface area contributed by atoms with E-state index in [0.717, 1.165) is 31.5 Å². The molecule has 2 aromatic carbocycles. The SMILES string of the molecule is COc1ccc(C(=O)N2CCN(CC(=O)N3CCCC3)CC2)cc1OCCc1ccc(Cl)cc1Cl. The standard InChI is InChI=1S/C26H31Cl2N3O4/c1-34-23-7-5-20(16-24(23)35-15-8-19-4-6-21(27)17-22(19)28)26(33)31-13-11-29(12-14-31)18-25(32)30-9-2-3-10-30/h4-7,16-17H,2-3,8-15,18H2,1H3. The normalized spacial score (nSPS) is 16.4. The van der Waals surface area contributed by atoms with E-state index in [1.807, 2.05) is 15.9 Å². The number of piperazine rings is 1. The van der Waals surface area contributed by atoms with Gasteiger partial charge in [-0.25, -0.2) is 0 Å². The van der Waals surface area contributed by atoms with E-state index in [4.69, 9.17) is 32.7 Å². The quantitative estimate of drug-likeness (QED) is 0.527. The molecule has 35 heavy (non-hydrogen) atoms. The molecule has 9 heteroatoms. The summed E-state index contributed by atoms with van der Waals surface area (Å²) in [7, 11) is 1.57. The lowest BCUT2D eigenvalue weighted by Gasteiger charge is -2.35. The largest absolute Gasteiger partial charge is 0.493 e. The molecule has 0 radical (unpaired) electrons. The van der Waals surface area contributed by atoms with Gasteiger partial charge in [0, 0.05) is 61.3 Å². The molecule has 0 aliphatic carbocycles. The Hall–Kier alpha value is -2.48. The Bertz CT molecular complexity index is 1050. The maximum absolute atomic E-state index is 13.2. The van der Waals surface area contributed by atoms with Gasteiger partial charge in [0.05, 0.1) is 20.3 Å². The molecule has 0 saturated carbocycles. The van der Waals surface area contributed by atoms with Crippen molar-refractivity contribution >= 4 is 35.0 Å². The van der Waals surface area contributed by atoms with Gasteiger partial charge in [0.2, 0.25) is 5.91 Å². The number of carbonyl (C=O) groups excluding carboxylic acids is 2. The number of nitrogens with zero attached hydrogens (tertiary/aromatic N) is 3. The Labute approximate surface area is 216 Å². The minimum atomic E-state index is -0.0521. The van der Waals surface area contributed by atoms with Gasteiger partial charge in [0.1, 0.15) is 0 Å². The molecule has 2 amide bonds. The van der Waals surface area contributed by atoms with Crippen molar-refractivity contribution in [3.63, 3.8) is 0 Å². The van der Waals surface area contributed by atoms with E-state index >= 15 is 0 Å². The maximum Gasteiger partial charge on any atom is 0.254 e. The number of methoxy groups -OCH3 is 1. The number of hydrogen-bond acceptors (Lipinski definition) is 5. The summed E-state index contributed by atoms with van der Waals surface area (Å²) in [6.45, 7) is 5.09. The van der Waals surface area contributed by atoms with E-state index < -0.39 is 0 Å². The van der Waals surface area contributed by atoms with Gasteiger partial charge in [0.15, 0.2) is 11.5 Å². The van der Waals surface area contributed by atoms with Crippen LogP contribution in [0.5, 0.6) is 11.5 Å². The molecule has 0 bridgehead atoms. The minimum absolute atomic E-state index is 0.0521. The van der Waals surface area contributed by atoms with Gasteiger partial charge in [-0.1, -0.05) is 29.3 Å². The fourth-order valence-electron chi connectivity index (χ4n) is 4.47. The number of carbonyl (C=O) groups is 2. The van der Waals surface area contributed by atoms with Crippen LogP contribution in [0, 0.1) is 0 Å². The van der Waals surface area contributed by atoms with Crippen LogP contribution < -0.4 is 9.47 Å². The van der Waals surface area contributed by atoms with E-state index in [1.54, 1.807) is 37.4 Å². The predicted octanol–water partition coefficient (Wildman–Crippen LogP) is 4.00. The van der Waals surface area contributed by atoms with Crippen molar-refractivity contribution < 1.29 is 19.1 Å². The fraction of sp³-hybridized carbons (Fsp3) is 0.462. The fourth-order valence-corrected chi connectivity index (χ4v) is 4.97. The van der Waals surface area contributed by atoms with Crippen molar-refractivity contribution in [3.8, 4) is 11.5 Å². The van der Waals surface area contributed by atoms with Gasteiger partial charge in [-0.3, -0.25) is 14.5 Å². The smallest absolute Gasteiger partial charge is 0.254 e. The monoisotopic (exact) mass is 519 g/mol. The van der Waals surface area contributed by atoms with Gasteiger partial charge in [-0.2, -0.15) is 0 Å². The third-order valence-electron chi connectivity index (χ3n) is 6.53. The molecule has 0 N–H and O–H groups in total. The molecule has 0 spiro atoms. The van der Waals surface area contributed by atoms with Gasteiger partial charge in [-0.15, -0.1) is 0 Å². The molecule has 2 fully saturated rings. The second-order valence-electron chi connectivity index (χ2n) is 8.86. The molecule has 2 saturated heterocycles. The van der Waals surface area contributed by atoms with E-state index in [1.165, 1.54) is 0 Å². The number of likely N-dealkylation sites (tertiary alicyclic amines) is 1. The molecule has 0 aromatic heterocycles. The Morgan fingerprint density at radius 2 is 1.63 bits per heavy atom. The van der Waals surface area contributed by atoms with E-state index in [9.17, 15) is 9.59 Å². The van der Waals surface area contributed by atoms with E-state index in [0.29, 0.717) is 72.9 Å². The van der Waals surface area contributed by atoms with Crippen molar-refractivity contribution in [2.24, 2.45) is 0 Å². The Morgan fingerprint density at radius 1 is 0.886 bits per heavy atom. The van der Waals surface area contributed by atoms with Gasteiger partial charge < -0.3 is 19.3 Å². The summed E-state index contributed by atoms with van der Waals surface area (Å²) in [5.41, 5.74) is 1.48. The Balaban J connectivity index is 1.32. The Kier molecular flexibility index (Phi) is 8.76. The van der Waals surface area contributed by atoms with Crippen molar-refractivity contribution in [1.29, 1.82) is 0 Å². The van der Waals surface area contributed by atoms with Crippen LogP contribution in [0.3, 0.4) is 0 Å². The number of ether oxygens (including phenoxy) is 2. The number of rotatable bonds is 8. The first-order chi connectivity index (χ1) is 16.9. The molecule has 2 aliphatic rings. The van der Waals surface area contributed by atoms with Gasteiger partial charge in [0.25, 0.3) is 5.91 Å². The highest BCUT2D eigenvalue weighted by Crippen LogP contribution is 2.29. The lowest BCUT2D eigenvalue weighted by Crippen LogP contribution is -2.51. The van der Waals surface area contributed by atoms with Gasteiger partial charge in [-0.05, 0) is 48.7 Å². The second kappa shape index (κ2) is 12.0. The van der Waals surface area contributed by atoms with Crippen LogP contribution in [-0.4, -0.2) is 86.0 Å². The highest BCUT2D eigenvalue weighted by molar-refractivity contribution is 6.35. The number of hydrogen-bond donors (Lipinski definition) is 0. The summed E-state index contributed by atoms with van der Waals surface area (Å²) in [5.74, 6) is 1.22. The molecule has 0 unspecified atom stereocenters. The minimum Gasteiger partial charge on any atom is -0.493 e. The molecular weight excluding hydrogens is 489 g/mol. The zero-order valence-corrected chi connectivity index (χ0v) is 21.5. The molecule has 188 valence electrons. The molecule has 0 atom stereocenters. The summed E-state index contributed by atoms with van der Waals surface area (Å²) >= 11 is 12.2. The summed E-state index contributed by atoms with van der Waals surface area (Å²) in [6, 6.07) is 10.6. The molecule has 7 nitrogen and oxygen atoms in total. The summed E-state index contributed by atoms with van der Waals surface area (Å²) in [4.78, 5) is 31.5. The van der Waals surface area contributed by atoms with Crippen LogP contribution in [0.1, 0.15) is 28.8 Å². The average Bonchev–Trinajstić information content (AvgIpc) is 3.41. The number of halogens is 2. The maximum atomic E-state index is 13.2. The van der Waals surface area contributed by atoms with Crippen molar-refractivity contribution in [1.82, 2.24) is 14.7 Å². The average molecular weight is 520 g/mol. The predicted molar refractivity (Wildman–Crippen MR) is 137 cm³/mol. The zero-order chi connectivity index (χ0) is 24.8. The summed E-state index contributed by atoms with van der Waals surface area (Å²) in [6.07, 6.45) is 2.78. The molecule has 2 heterocycles. The third-order valence-corrected chi connectivity index (χ3v) is 7.12. The highest BCUT2D eigenvalue weighted by Gasteiger charge is 2.26. The lowest BCUT2D eigenvalue weighted by atomic mass is 10.1. The first kappa shape index (κ1) is 25.6. The third kappa shape index (κ3) is 6.60. The zero-order valence-electron chi connectivity index (χ0n) is 20.0. The summed E-state index contributed by atoms with van der Waals surface area (Å²) in [5, 5.41) is 1.19. The van der Waals surface area contributed by atoms with Crippen LogP contribution in [0.2, 0.25) is 10.0 Å². The highest BCUT2D eigenvalue weighted by atomic mass is 35.5. The van der Waals surface area contributed by atoms with Crippen LogP contribution in [0.4, 0.5) is 0 Å². The van der Waals surface area contributed by atoms with E-state index in [-0.39, 0.29) is 11.8 Å². The van der Waals surface area contributed by atoms with Crippen molar-refractivity contribution in [2.45, 2.75) is 19.3 Å². The lowest BCUT2D eigenvalue weighted by molar-refractivity contribution is -0.131. The van der Waals surface area contributed by atoms with Crippen molar-refractivity contribution in [3.05, 3.63) is 57.6 Å². The molecular formula is C26H31Cl2N3O4. The Morgan fingerprint density at radius 3 is 2.31 bits per heavy atom.